The molecule has 0 radical (unpaired) electrons. The van der Waals surface area contributed by atoms with E-state index >= 15 is 0 Å². The summed E-state index contributed by atoms with van der Waals surface area (Å²) in [5.74, 6) is 0.150. The van der Waals surface area contributed by atoms with Gasteiger partial charge in [0.15, 0.2) is 10.9 Å². The van der Waals surface area contributed by atoms with Crippen LogP contribution in [0.2, 0.25) is 15.1 Å². The van der Waals surface area contributed by atoms with Crippen molar-refractivity contribution in [2.24, 2.45) is 0 Å². The van der Waals surface area contributed by atoms with E-state index in [0.717, 1.165) is 5.56 Å². The van der Waals surface area contributed by atoms with Gasteiger partial charge in [-0.2, -0.15) is 0 Å². The van der Waals surface area contributed by atoms with Gasteiger partial charge in [0, 0.05) is 12.1 Å². The summed E-state index contributed by atoms with van der Waals surface area (Å²) >= 11 is 24.3. The van der Waals surface area contributed by atoms with Crippen LogP contribution < -0.4 is 9.64 Å². The van der Waals surface area contributed by atoms with Crippen LogP contribution in [0.4, 0.5) is 5.69 Å². The minimum atomic E-state index is -0.223. The monoisotopic (exact) mass is 502 g/mol. The fraction of sp³-hybridized carbons (Fsp3) is 0.0833. The van der Waals surface area contributed by atoms with Crippen LogP contribution in [0, 0.1) is 0 Å². The molecule has 1 aliphatic rings. The molecule has 0 saturated carbocycles. The van der Waals surface area contributed by atoms with Crippen LogP contribution in [0.5, 0.6) is 5.75 Å². The van der Waals surface area contributed by atoms with Crippen molar-refractivity contribution in [3.63, 3.8) is 0 Å². The largest absolute Gasteiger partial charge is 0.486 e. The van der Waals surface area contributed by atoms with Crippen molar-refractivity contribution in [3.8, 4) is 5.75 Å². The number of hydrogen-bond donors (Lipinski definition) is 0. The second-order valence-electron chi connectivity index (χ2n) is 7.08. The molecule has 0 N–H and O–H groups in total. The molecule has 0 aromatic heterocycles. The van der Waals surface area contributed by atoms with E-state index in [2.05, 4.69) is 0 Å². The van der Waals surface area contributed by atoms with Gasteiger partial charge in [-0.25, -0.2) is 0 Å². The lowest BCUT2D eigenvalue weighted by molar-refractivity contribution is -0.114. The summed E-state index contributed by atoms with van der Waals surface area (Å²) in [5.41, 5.74) is 2.72. The zero-order valence-corrected chi connectivity index (χ0v) is 20.0. The van der Waals surface area contributed by atoms with Gasteiger partial charge in [0.25, 0.3) is 5.91 Å². The van der Waals surface area contributed by atoms with E-state index in [1.54, 1.807) is 42.3 Å². The molecule has 3 aromatic carbocycles. The maximum atomic E-state index is 13.1. The summed E-state index contributed by atoms with van der Waals surface area (Å²) in [7, 11) is 1.75. The predicted octanol–water partition coefficient (Wildman–Crippen LogP) is 6.83. The summed E-state index contributed by atoms with van der Waals surface area (Å²) in [6.45, 7) is 0.290. The average Bonchev–Trinajstić information content (AvgIpc) is 2.98. The smallest absolute Gasteiger partial charge is 0.281 e. The van der Waals surface area contributed by atoms with Gasteiger partial charge in [-0.3, -0.25) is 9.69 Å². The molecule has 32 heavy (non-hydrogen) atoms. The van der Waals surface area contributed by atoms with Gasteiger partial charge in [-0.1, -0.05) is 65.1 Å². The van der Waals surface area contributed by atoms with E-state index in [9.17, 15) is 4.79 Å². The van der Waals surface area contributed by atoms with Crippen molar-refractivity contribution in [1.29, 1.82) is 0 Å². The Balaban J connectivity index is 1.58. The van der Waals surface area contributed by atoms with Crippen LogP contribution in [0.15, 0.2) is 72.4 Å². The highest BCUT2D eigenvalue weighted by molar-refractivity contribution is 7.80. The highest BCUT2D eigenvalue weighted by atomic mass is 35.5. The zero-order valence-electron chi connectivity index (χ0n) is 16.9. The van der Waals surface area contributed by atoms with E-state index < -0.39 is 0 Å². The predicted molar refractivity (Wildman–Crippen MR) is 135 cm³/mol. The molecule has 1 saturated heterocycles. The van der Waals surface area contributed by atoms with Gasteiger partial charge >= 0.3 is 0 Å². The number of hydrogen-bond acceptors (Lipinski definition) is 3. The third kappa shape index (κ3) is 4.62. The number of carbonyl (C=O) groups is 1. The van der Waals surface area contributed by atoms with Crippen LogP contribution in [0.1, 0.15) is 11.1 Å². The quantitative estimate of drug-likeness (QED) is 0.282. The van der Waals surface area contributed by atoms with Gasteiger partial charge < -0.3 is 9.64 Å². The van der Waals surface area contributed by atoms with Crippen molar-refractivity contribution in [3.05, 3.63) is 98.6 Å². The zero-order chi connectivity index (χ0) is 22.8. The fourth-order valence-corrected chi connectivity index (χ4v) is 4.28. The summed E-state index contributed by atoms with van der Waals surface area (Å²) in [6, 6.07) is 20.0. The molecule has 4 nitrogen and oxygen atoms in total. The second-order valence-corrected chi connectivity index (χ2v) is 8.69. The van der Waals surface area contributed by atoms with Crippen LogP contribution in [0.25, 0.3) is 6.08 Å². The normalized spacial score (nSPS) is 15.1. The Hall–Kier alpha value is -2.57. The number of rotatable bonds is 5. The van der Waals surface area contributed by atoms with Crippen LogP contribution in [-0.2, 0) is 11.4 Å². The topological polar surface area (TPSA) is 32.8 Å². The van der Waals surface area contributed by atoms with Crippen molar-refractivity contribution >= 4 is 69.8 Å². The molecule has 0 atom stereocenters. The molecular weight excluding hydrogens is 487 g/mol. The Bertz CT molecular complexity index is 1190. The number of benzene rings is 3. The first kappa shape index (κ1) is 22.6. The van der Waals surface area contributed by atoms with Crippen molar-refractivity contribution in [2.45, 2.75) is 6.61 Å². The third-order valence-electron chi connectivity index (χ3n) is 4.90. The molecule has 1 heterocycles. The van der Waals surface area contributed by atoms with Crippen molar-refractivity contribution < 1.29 is 9.53 Å². The SMILES string of the molecule is CN1C(=S)N(c2ccccc2)C(=O)/C1=C/c1cc(Cl)c(OCc2ccc(Cl)cc2)c(Cl)c1. The second kappa shape index (κ2) is 9.51. The molecule has 0 bridgehead atoms. The van der Waals surface area contributed by atoms with Gasteiger partial charge in [-0.05, 0) is 65.8 Å². The first-order valence-corrected chi connectivity index (χ1v) is 11.1. The van der Waals surface area contributed by atoms with Gasteiger partial charge in [0.2, 0.25) is 0 Å². The summed E-state index contributed by atoms with van der Waals surface area (Å²) < 4.78 is 5.82. The number of nitrogens with zero attached hydrogens (tertiary/aromatic N) is 2. The van der Waals surface area contributed by atoms with E-state index in [0.29, 0.717) is 49.5 Å². The molecular formula is C24H17Cl3N2O2S. The molecule has 3 aromatic rings. The molecule has 1 amide bonds. The average molecular weight is 504 g/mol. The Labute approximate surface area is 206 Å². The molecule has 8 heteroatoms. The number of para-hydroxylation sites is 1. The van der Waals surface area contributed by atoms with Crippen LogP contribution in [0.3, 0.4) is 0 Å². The summed E-state index contributed by atoms with van der Waals surface area (Å²) in [5, 5.41) is 1.73. The minimum absolute atomic E-state index is 0.223. The lowest BCUT2D eigenvalue weighted by atomic mass is 10.1. The first-order chi connectivity index (χ1) is 15.3. The Kier molecular flexibility index (Phi) is 6.72. The lowest BCUT2D eigenvalue weighted by Crippen LogP contribution is -2.30. The lowest BCUT2D eigenvalue weighted by Gasteiger charge is -2.16. The number of halogens is 3. The molecule has 1 fully saturated rings. The number of likely N-dealkylation sites (N-methyl/N-ethyl adjacent to an activating group) is 1. The number of ether oxygens (including phenoxy) is 1. The number of thiocarbonyl (C=S) groups is 1. The Morgan fingerprint density at radius 2 is 1.59 bits per heavy atom. The maximum absolute atomic E-state index is 13.1. The molecule has 0 aliphatic carbocycles. The van der Waals surface area contributed by atoms with Gasteiger partial charge in [-0.15, -0.1) is 0 Å². The highest BCUT2D eigenvalue weighted by Crippen LogP contribution is 2.36. The first-order valence-electron chi connectivity index (χ1n) is 9.60. The standard InChI is InChI=1S/C24H17Cl3N2O2S/c1-28-21(23(30)29(24(28)32)18-5-3-2-4-6-18)13-16-11-19(26)22(20(27)12-16)31-14-15-7-9-17(25)10-8-15/h2-13H,14H2,1H3/b21-13-. The number of carbonyl (C=O) groups excluding carboxylic acids is 1. The maximum Gasteiger partial charge on any atom is 0.281 e. The van der Waals surface area contributed by atoms with E-state index in [4.69, 9.17) is 51.8 Å². The Morgan fingerprint density at radius 1 is 0.969 bits per heavy atom. The highest BCUT2D eigenvalue weighted by Gasteiger charge is 2.36. The molecule has 0 unspecified atom stereocenters. The van der Waals surface area contributed by atoms with E-state index in [-0.39, 0.29) is 5.91 Å². The third-order valence-corrected chi connectivity index (χ3v) is 6.17. The van der Waals surface area contributed by atoms with Crippen LogP contribution >= 0.6 is 47.0 Å². The summed E-state index contributed by atoms with van der Waals surface area (Å²) in [4.78, 5) is 16.2. The van der Waals surface area contributed by atoms with E-state index in [1.807, 2.05) is 42.5 Å². The fourth-order valence-electron chi connectivity index (χ4n) is 3.26. The molecule has 162 valence electrons. The number of amides is 1. The minimum Gasteiger partial charge on any atom is -0.486 e. The van der Waals surface area contributed by atoms with Crippen molar-refractivity contribution in [2.75, 3.05) is 11.9 Å². The number of anilines is 1. The Morgan fingerprint density at radius 3 is 2.22 bits per heavy atom. The van der Waals surface area contributed by atoms with Gasteiger partial charge in [0.1, 0.15) is 12.3 Å². The van der Waals surface area contributed by atoms with Crippen molar-refractivity contribution in [1.82, 2.24) is 4.90 Å². The summed E-state index contributed by atoms with van der Waals surface area (Å²) in [6.07, 6.45) is 1.71. The van der Waals surface area contributed by atoms with Crippen LogP contribution in [-0.4, -0.2) is 23.0 Å². The molecule has 1 aliphatic heterocycles. The van der Waals surface area contributed by atoms with Gasteiger partial charge in [0.05, 0.1) is 15.7 Å². The van der Waals surface area contributed by atoms with E-state index in [1.165, 1.54) is 4.90 Å². The molecule has 0 spiro atoms. The molecule has 4 rings (SSSR count).